The Morgan fingerprint density at radius 1 is 1.43 bits per heavy atom. The summed E-state index contributed by atoms with van der Waals surface area (Å²) in [6.07, 6.45) is 3.10. The van der Waals surface area contributed by atoms with E-state index in [1.165, 1.54) is 35.1 Å². The number of aryl methyl sites for hydroxylation is 1. The van der Waals surface area contributed by atoms with Gasteiger partial charge in [-0.05, 0) is 42.0 Å². The molecule has 0 radical (unpaired) electrons. The maximum Gasteiger partial charge on any atom is 0.0944 e. The van der Waals surface area contributed by atoms with Gasteiger partial charge in [0.2, 0.25) is 0 Å². The summed E-state index contributed by atoms with van der Waals surface area (Å²) in [5, 5.41) is 8.68. The third kappa shape index (κ3) is 1.33. The van der Waals surface area contributed by atoms with Crippen molar-refractivity contribution in [2.24, 2.45) is 0 Å². The van der Waals surface area contributed by atoms with Gasteiger partial charge in [-0.3, -0.25) is 0 Å². The molecule has 0 amide bonds. The lowest BCUT2D eigenvalue weighted by Gasteiger charge is -2.24. The van der Waals surface area contributed by atoms with E-state index in [0.717, 1.165) is 6.42 Å². The standard InChI is InChI=1S/C13H13N/c1-9(8-14)7-11-4-3-10(2)12-5-6-13(11)12/h3-4H,1,5-7H2,2H3. The van der Waals surface area contributed by atoms with Crippen LogP contribution < -0.4 is 0 Å². The van der Waals surface area contributed by atoms with Crippen LogP contribution in [0, 0.1) is 18.3 Å². The van der Waals surface area contributed by atoms with Crippen molar-refractivity contribution < 1.29 is 0 Å². The van der Waals surface area contributed by atoms with Crippen LogP contribution in [0.2, 0.25) is 0 Å². The predicted molar refractivity (Wildman–Crippen MR) is 57.0 cm³/mol. The van der Waals surface area contributed by atoms with Crippen molar-refractivity contribution in [2.75, 3.05) is 0 Å². The second-order valence-electron chi connectivity index (χ2n) is 3.89. The summed E-state index contributed by atoms with van der Waals surface area (Å²) in [7, 11) is 0. The molecular weight excluding hydrogens is 170 g/mol. The number of benzene rings is 1. The number of allylic oxidation sites excluding steroid dienone is 1. The number of fused-ring (bicyclic) bond motifs is 1. The first kappa shape index (κ1) is 9.02. The quantitative estimate of drug-likeness (QED) is 0.647. The number of nitrogens with zero attached hydrogens (tertiary/aromatic N) is 1. The Morgan fingerprint density at radius 2 is 2.14 bits per heavy atom. The maximum absolute atomic E-state index is 8.68. The minimum absolute atomic E-state index is 0.656. The van der Waals surface area contributed by atoms with E-state index >= 15 is 0 Å². The van der Waals surface area contributed by atoms with Crippen molar-refractivity contribution in [3.8, 4) is 6.07 Å². The Labute approximate surface area is 84.7 Å². The Morgan fingerprint density at radius 3 is 2.71 bits per heavy atom. The van der Waals surface area contributed by atoms with Crippen LogP contribution in [0.5, 0.6) is 0 Å². The number of rotatable bonds is 2. The van der Waals surface area contributed by atoms with E-state index < -0.39 is 0 Å². The molecule has 14 heavy (non-hydrogen) atoms. The lowest BCUT2D eigenvalue weighted by molar-refractivity contribution is 0.808. The largest absolute Gasteiger partial charge is 0.193 e. The van der Waals surface area contributed by atoms with Gasteiger partial charge in [0.15, 0.2) is 0 Å². The minimum Gasteiger partial charge on any atom is -0.193 e. The molecule has 1 aliphatic rings. The molecule has 0 spiro atoms. The highest BCUT2D eigenvalue weighted by Gasteiger charge is 2.18. The molecule has 70 valence electrons. The first-order valence-corrected chi connectivity index (χ1v) is 4.90. The van der Waals surface area contributed by atoms with Gasteiger partial charge in [-0.1, -0.05) is 18.7 Å². The molecule has 0 heterocycles. The molecule has 0 fully saturated rings. The number of hydrogen-bond acceptors (Lipinski definition) is 1. The normalized spacial score (nSPS) is 12.6. The van der Waals surface area contributed by atoms with Crippen LogP contribution in [-0.4, -0.2) is 0 Å². The fourth-order valence-corrected chi connectivity index (χ4v) is 2.03. The molecule has 1 aromatic carbocycles. The highest BCUT2D eigenvalue weighted by atomic mass is 14.3. The molecule has 1 heteroatoms. The van der Waals surface area contributed by atoms with Crippen molar-refractivity contribution in [1.82, 2.24) is 0 Å². The van der Waals surface area contributed by atoms with E-state index in [1.54, 1.807) is 0 Å². The van der Waals surface area contributed by atoms with Gasteiger partial charge in [0.1, 0.15) is 0 Å². The summed E-state index contributed by atoms with van der Waals surface area (Å²) in [6, 6.07) is 6.39. The topological polar surface area (TPSA) is 23.8 Å². The molecule has 0 aliphatic heterocycles. The SMILES string of the molecule is C=C(C#N)Cc1ccc(C)c2c1CC2. The minimum atomic E-state index is 0.656. The van der Waals surface area contributed by atoms with Crippen molar-refractivity contribution in [2.45, 2.75) is 26.2 Å². The summed E-state index contributed by atoms with van der Waals surface area (Å²) < 4.78 is 0. The predicted octanol–water partition coefficient (Wildman–Crippen LogP) is 2.72. The summed E-state index contributed by atoms with van der Waals surface area (Å²) >= 11 is 0. The van der Waals surface area contributed by atoms with Crippen LogP contribution in [0.3, 0.4) is 0 Å². The Bertz CT molecular complexity index is 435. The summed E-state index contributed by atoms with van der Waals surface area (Å²) in [5.41, 5.74) is 6.29. The molecule has 0 aromatic heterocycles. The van der Waals surface area contributed by atoms with Crippen LogP contribution in [-0.2, 0) is 19.3 Å². The van der Waals surface area contributed by atoms with Gasteiger partial charge in [-0.15, -0.1) is 0 Å². The Hall–Kier alpha value is -1.55. The Kier molecular flexibility index (Phi) is 2.13. The van der Waals surface area contributed by atoms with E-state index in [9.17, 15) is 0 Å². The molecule has 0 saturated heterocycles. The molecule has 0 bridgehead atoms. The van der Waals surface area contributed by atoms with Crippen LogP contribution >= 0.6 is 0 Å². The van der Waals surface area contributed by atoms with E-state index in [4.69, 9.17) is 5.26 Å². The van der Waals surface area contributed by atoms with E-state index in [0.29, 0.717) is 5.57 Å². The van der Waals surface area contributed by atoms with Gasteiger partial charge in [0.05, 0.1) is 6.07 Å². The van der Waals surface area contributed by atoms with Crippen molar-refractivity contribution in [1.29, 1.82) is 5.26 Å². The van der Waals surface area contributed by atoms with Gasteiger partial charge in [0, 0.05) is 12.0 Å². The van der Waals surface area contributed by atoms with E-state index in [1.807, 2.05) is 0 Å². The van der Waals surface area contributed by atoms with Crippen LogP contribution in [0.15, 0.2) is 24.3 Å². The number of nitriles is 1. The average Bonchev–Trinajstić information content (AvgIpc) is 2.10. The van der Waals surface area contributed by atoms with Crippen LogP contribution in [0.1, 0.15) is 22.3 Å². The first-order valence-electron chi connectivity index (χ1n) is 4.90. The summed E-state index contributed by atoms with van der Waals surface area (Å²) in [4.78, 5) is 0. The van der Waals surface area contributed by atoms with E-state index in [2.05, 4.69) is 31.7 Å². The smallest absolute Gasteiger partial charge is 0.0944 e. The lowest BCUT2D eigenvalue weighted by Crippen LogP contribution is -2.14. The van der Waals surface area contributed by atoms with Crippen molar-refractivity contribution in [3.63, 3.8) is 0 Å². The third-order valence-electron chi connectivity index (χ3n) is 2.95. The molecule has 0 saturated carbocycles. The zero-order valence-corrected chi connectivity index (χ0v) is 8.43. The van der Waals surface area contributed by atoms with Crippen LogP contribution in [0.25, 0.3) is 0 Å². The monoisotopic (exact) mass is 183 g/mol. The maximum atomic E-state index is 8.68. The second-order valence-corrected chi connectivity index (χ2v) is 3.89. The van der Waals surface area contributed by atoms with Gasteiger partial charge in [0.25, 0.3) is 0 Å². The number of hydrogen-bond donors (Lipinski definition) is 0. The fourth-order valence-electron chi connectivity index (χ4n) is 2.03. The average molecular weight is 183 g/mol. The lowest BCUT2D eigenvalue weighted by atomic mass is 9.80. The fraction of sp³-hybridized carbons (Fsp3) is 0.308. The third-order valence-corrected chi connectivity index (χ3v) is 2.95. The second kappa shape index (κ2) is 3.31. The zero-order chi connectivity index (χ0) is 10.1. The van der Waals surface area contributed by atoms with Crippen molar-refractivity contribution in [3.05, 3.63) is 46.5 Å². The molecule has 1 aromatic rings. The molecule has 0 unspecified atom stereocenters. The van der Waals surface area contributed by atoms with E-state index in [-0.39, 0.29) is 0 Å². The summed E-state index contributed by atoms with van der Waals surface area (Å²) in [6.45, 7) is 5.88. The van der Waals surface area contributed by atoms with Crippen LogP contribution in [0.4, 0.5) is 0 Å². The highest BCUT2D eigenvalue weighted by Crippen LogP contribution is 2.30. The summed E-state index contributed by atoms with van der Waals surface area (Å²) in [5.74, 6) is 0. The van der Waals surface area contributed by atoms with Gasteiger partial charge in [-0.2, -0.15) is 5.26 Å². The molecule has 0 N–H and O–H groups in total. The highest BCUT2D eigenvalue weighted by molar-refractivity contribution is 5.48. The van der Waals surface area contributed by atoms with Crippen molar-refractivity contribution >= 4 is 0 Å². The molecule has 2 rings (SSSR count). The van der Waals surface area contributed by atoms with Gasteiger partial charge >= 0.3 is 0 Å². The molecule has 1 nitrogen and oxygen atoms in total. The molecule has 1 aliphatic carbocycles. The van der Waals surface area contributed by atoms with Gasteiger partial charge in [-0.25, -0.2) is 0 Å². The Balaban J connectivity index is 2.33. The molecular formula is C13H13N. The first-order chi connectivity index (χ1) is 6.72. The van der Waals surface area contributed by atoms with Gasteiger partial charge < -0.3 is 0 Å². The molecule has 0 atom stereocenters. The zero-order valence-electron chi connectivity index (χ0n) is 8.43.